The van der Waals surface area contributed by atoms with Crippen molar-refractivity contribution in [2.45, 2.75) is 32.2 Å². The van der Waals surface area contributed by atoms with Gasteiger partial charge in [0, 0.05) is 25.3 Å². The maximum atomic E-state index is 11.1. The summed E-state index contributed by atoms with van der Waals surface area (Å²) in [5, 5.41) is 0. The number of aryl methyl sites for hydroxylation is 1. The third-order valence-corrected chi connectivity index (χ3v) is 4.00. The fourth-order valence-electron chi connectivity index (χ4n) is 2.45. The van der Waals surface area contributed by atoms with Crippen LogP contribution >= 0.6 is 0 Å². The van der Waals surface area contributed by atoms with Crippen molar-refractivity contribution in [1.29, 1.82) is 0 Å². The van der Waals surface area contributed by atoms with Gasteiger partial charge in [0.05, 0.1) is 6.26 Å². The fraction of sp³-hybridized carbons (Fsp3) is 0.667. The number of hydrogen-bond donors (Lipinski definition) is 1. The van der Waals surface area contributed by atoms with E-state index >= 15 is 0 Å². The molecule has 1 aliphatic rings. The van der Waals surface area contributed by atoms with E-state index in [0.29, 0.717) is 12.6 Å². The monoisotopic (exact) mass is 284 g/mol. The van der Waals surface area contributed by atoms with E-state index in [0.717, 1.165) is 37.4 Å². The Labute approximate surface area is 114 Å². The topological polar surface area (TPSA) is 75.2 Å². The number of anilines is 1. The minimum Gasteiger partial charge on any atom is -0.353 e. The van der Waals surface area contributed by atoms with Crippen molar-refractivity contribution in [3.8, 4) is 0 Å². The number of nitrogens with one attached hydrogen (secondary N) is 1. The van der Waals surface area contributed by atoms with Crippen LogP contribution in [0.2, 0.25) is 0 Å². The lowest BCUT2D eigenvalue weighted by atomic mass is 10.1. The molecule has 1 aliphatic heterocycles. The van der Waals surface area contributed by atoms with Crippen molar-refractivity contribution in [3.63, 3.8) is 0 Å². The van der Waals surface area contributed by atoms with E-state index in [-0.39, 0.29) is 0 Å². The van der Waals surface area contributed by atoms with Crippen LogP contribution in [0, 0.1) is 6.92 Å². The Morgan fingerprint density at radius 1 is 1.53 bits per heavy atom. The summed E-state index contributed by atoms with van der Waals surface area (Å²) in [6.07, 6.45) is 5.95. The number of hydrogen-bond acceptors (Lipinski definition) is 5. The Kier molecular flexibility index (Phi) is 4.36. The summed E-state index contributed by atoms with van der Waals surface area (Å²) in [6, 6.07) is 2.26. The van der Waals surface area contributed by atoms with Gasteiger partial charge in [0.25, 0.3) is 0 Å². The fourth-order valence-corrected chi connectivity index (χ4v) is 2.94. The van der Waals surface area contributed by atoms with Crippen LogP contribution in [0.1, 0.15) is 25.1 Å². The van der Waals surface area contributed by atoms with Crippen LogP contribution in [-0.4, -0.2) is 43.8 Å². The van der Waals surface area contributed by atoms with Gasteiger partial charge in [-0.2, -0.15) is 0 Å². The van der Waals surface area contributed by atoms with Crippen LogP contribution in [0.4, 0.5) is 5.82 Å². The molecule has 2 heterocycles. The molecule has 1 aromatic rings. The summed E-state index contributed by atoms with van der Waals surface area (Å²) in [5.74, 6) is 1.70. The van der Waals surface area contributed by atoms with E-state index in [2.05, 4.69) is 19.6 Å². The lowest BCUT2D eigenvalue weighted by molar-refractivity contribution is 0.565. The van der Waals surface area contributed by atoms with E-state index in [4.69, 9.17) is 0 Å². The Balaban J connectivity index is 1.97. The number of aromatic nitrogens is 2. The molecular weight excluding hydrogens is 264 g/mol. The van der Waals surface area contributed by atoms with Gasteiger partial charge in [-0.1, -0.05) is 0 Å². The van der Waals surface area contributed by atoms with E-state index in [1.807, 2.05) is 13.0 Å². The lowest BCUT2D eigenvalue weighted by Gasteiger charge is -2.25. The molecule has 0 saturated carbocycles. The first-order valence-corrected chi connectivity index (χ1v) is 8.36. The molecule has 1 aromatic heterocycles. The summed E-state index contributed by atoms with van der Waals surface area (Å²) >= 11 is 0. The van der Waals surface area contributed by atoms with Gasteiger partial charge in [-0.25, -0.2) is 23.1 Å². The standard InChI is InChI=1S/C12H20N4O2S/c1-10-13-7-6-12(15-10)16-9-3-4-11(16)5-8-14-19(2,17)18/h6-7,11,14H,3-5,8-9H2,1-2H3/t11-/m1/s1. The quantitative estimate of drug-likeness (QED) is 0.861. The molecule has 1 atom stereocenters. The van der Waals surface area contributed by atoms with Crippen LogP contribution in [0.3, 0.4) is 0 Å². The molecule has 1 saturated heterocycles. The van der Waals surface area contributed by atoms with Crippen molar-refractivity contribution in [2.24, 2.45) is 0 Å². The third kappa shape index (κ3) is 4.14. The molecule has 6 nitrogen and oxygen atoms in total. The van der Waals surface area contributed by atoms with Crippen molar-refractivity contribution < 1.29 is 8.42 Å². The normalized spacial score (nSPS) is 19.9. The zero-order valence-electron chi connectivity index (χ0n) is 11.3. The summed E-state index contributed by atoms with van der Waals surface area (Å²) in [6.45, 7) is 3.32. The van der Waals surface area contributed by atoms with Crippen LogP contribution in [0.25, 0.3) is 0 Å². The van der Waals surface area contributed by atoms with Gasteiger partial charge < -0.3 is 4.90 Å². The van der Waals surface area contributed by atoms with Crippen LogP contribution in [0.5, 0.6) is 0 Å². The zero-order valence-corrected chi connectivity index (χ0v) is 12.2. The predicted molar refractivity (Wildman–Crippen MR) is 74.6 cm³/mol. The zero-order chi connectivity index (χ0) is 13.9. The number of nitrogens with zero attached hydrogens (tertiary/aromatic N) is 3. The SMILES string of the molecule is Cc1nccc(N2CCC[C@@H]2CCNS(C)(=O)=O)n1. The highest BCUT2D eigenvalue weighted by Crippen LogP contribution is 2.25. The first-order chi connectivity index (χ1) is 8.96. The maximum absolute atomic E-state index is 11.1. The Morgan fingerprint density at radius 2 is 2.32 bits per heavy atom. The van der Waals surface area contributed by atoms with Gasteiger partial charge in [-0.3, -0.25) is 0 Å². The smallest absolute Gasteiger partial charge is 0.208 e. The maximum Gasteiger partial charge on any atom is 0.208 e. The Bertz CT molecular complexity index is 532. The second kappa shape index (κ2) is 5.83. The Morgan fingerprint density at radius 3 is 3.00 bits per heavy atom. The van der Waals surface area contributed by atoms with Gasteiger partial charge in [-0.05, 0) is 32.3 Å². The van der Waals surface area contributed by atoms with E-state index in [9.17, 15) is 8.42 Å². The van der Waals surface area contributed by atoms with Crippen molar-refractivity contribution in [2.75, 3.05) is 24.2 Å². The van der Waals surface area contributed by atoms with Crippen LogP contribution in [0.15, 0.2) is 12.3 Å². The highest BCUT2D eigenvalue weighted by molar-refractivity contribution is 7.88. The molecule has 2 rings (SSSR count). The van der Waals surface area contributed by atoms with Crippen LogP contribution < -0.4 is 9.62 Å². The number of sulfonamides is 1. The first-order valence-electron chi connectivity index (χ1n) is 6.46. The molecule has 0 radical (unpaired) electrons. The molecule has 0 aromatic carbocycles. The molecule has 0 unspecified atom stereocenters. The summed E-state index contributed by atoms with van der Waals surface area (Å²) < 4.78 is 24.7. The van der Waals surface area contributed by atoms with Crippen molar-refractivity contribution in [3.05, 3.63) is 18.1 Å². The average molecular weight is 284 g/mol. The second-order valence-corrected chi connectivity index (χ2v) is 6.74. The second-order valence-electron chi connectivity index (χ2n) is 4.91. The van der Waals surface area contributed by atoms with E-state index < -0.39 is 10.0 Å². The van der Waals surface area contributed by atoms with Crippen LogP contribution in [-0.2, 0) is 10.0 Å². The molecule has 106 valence electrons. The highest BCUT2D eigenvalue weighted by atomic mass is 32.2. The molecule has 0 amide bonds. The van der Waals surface area contributed by atoms with Gasteiger partial charge in [0.15, 0.2) is 0 Å². The van der Waals surface area contributed by atoms with Gasteiger partial charge in [0.2, 0.25) is 10.0 Å². The van der Waals surface area contributed by atoms with E-state index in [1.165, 1.54) is 6.26 Å². The van der Waals surface area contributed by atoms with Gasteiger partial charge >= 0.3 is 0 Å². The minimum atomic E-state index is -3.10. The summed E-state index contributed by atoms with van der Waals surface area (Å²) in [4.78, 5) is 10.8. The summed E-state index contributed by atoms with van der Waals surface area (Å²) in [7, 11) is -3.10. The molecule has 1 N–H and O–H groups in total. The average Bonchev–Trinajstić information content (AvgIpc) is 2.75. The third-order valence-electron chi connectivity index (χ3n) is 3.27. The molecule has 7 heteroatoms. The van der Waals surface area contributed by atoms with E-state index in [1.54, 1.807) is 6.20 Å². The summed E-state index contributed by atoms with van der Waals surface area (Å²) in [5.41, 5.74) is 0. The van der Waals surface area contributed by atoms with Gasteiger partial charge in [0.1, 0.15) is 11.6 Å². The Hall–Kier alpha value is -1.21. The molecule has 0 spiro atoms. The largest absolute Gasteiger partial charge is 0.353 e. The van der Waals surface area contributed by atoms with Crippen molar-refractivity contribution >= 4 is 15.8 Å². The molecule has 19 heavy (non-hydrogen) atoms. The van der Waals surface area contributed by atoms with Crippen molar-refractivity contribution in [1.82, 2.24) is 14.7 Å². The molecule has 0 bridgehead atoms. The minimum absolute atomic E-state index is 0.351. The predicted octanol–water partition coefficient (Wildman–Crippen LogP) is 0.693. The first kappa shape index (κ1) is 14.2. The highest BCUT2D eigenvalue weighted by Gasteiger charge is 2.25. The molecule has 0 aliphatic carbocycles. The number of rotatable bonds is 5. The lowest BCUT2D eigenvalue weighted by Crippen LogP contribution is -2.34. The molecule has 1 fully saturated rings. The van der Waals surface area contributed by atoms with Gasteiger partial charge in [-0.15, -0.1) is 0 Å². The molecular formula is C12H20N4O2S.